The molecule has 0 saturated heterocycles. The molecule has 162 valence electrons. The fourth-order valence-electron chi connectivity index (χ4n) is 2.58. The van der Waals surface area contributed by atoms with E-state index in [2.05, 4.69) is 9.97 Å². The van der Waals surface area contributed by atoms with Gasteiger partial charge in [0.1, 0.15) is 21.4 Å². The Balaban J connectivity index is 1.87. The third kappa shape index (κ3) is 6.55. The summed E-state index contributed by atoms with van der Waals surface area (Å²) in [7, 11) is 3.01. The molecule has 0 fully saturated rings. The van der Waals surface area contributed by atoms with Crippen LogP contribution in [0.2, 0.25) is 5.02 Å². The highest BCUT2D eigenvalue weighted by molar-refractivity contribution is 7.99. The Morgan fingerprint density at radius 2 is 1.42 bits per heavy atom. The molecule has 0 amide bonds. The SMILES string of the molecule is COC(=O)c1c(SCc2ccc(Cl)cc2)nc(SC)nc1SCc1ccc(OC)cc1. The zero-order valence-electron chi connectivity index (χ0n) is 17.3. The predicted molar refractivity (Wildman–Crippen MR) is 129 cm³/mol. The molecule has 0 aliphatic rings. The second kappa shape index (κ2) is 11.7. The monoisotopic (exact) mass is 492 g/mol. The molecule has 0 atom stereocenters. The van der Waals surface area contributed by atoms with E-state index in [1.807, 2.05) is 54.8 Å². The van der Waals surface area contributed by atoms with Crippen molar-refractivity contribution in [1.82, 2.24) is 9.97 Å². The van der Waals surface area contributed by atoms with Gasteiger partial charge in [-0.3, -0.25) is 0 Å². The summed E-state index contributed by atoms with van der Waals surface area (Å²) in [5.41, 5.74) is 2.58. The second-order valence-electron chi connectivity index (χ2n) is 6.24. The molecule has 0 radical (unpaired) electrons. The van der Waals surface area contributed by atoms with Crippen LogP contribution in [-0.2, 0) is 16.2 Å². The van der Waals surface area contributed by atoms with Crippen molar-refractivity contribution in [3.63, 3.8) is 0 Å². The topological polar surface area (TPSA) is 61.3 Å². The molecule has 0 spiro atoms. The molecule has 1 heterocycles. The normalized spacial score (nSPS) is 10.7. The fourth-order valence-corrected chi connectivity index (χ4v) is 5.20. The third-order valence-corrected chi connectivity index (χ3v) is 7.11. The minimum atomic E-state index is -0.441. The molecular formula is C22H21ClN2O3S3. The molecule has 5 nitrogen and oxygen atoms in total. The van der Waals surface area contributed by atoms with Crippen LogP contribution in [0.15, 0.2) is 63.7 Å². The first-order chi connectivity index (χ1) is 15.0. The van der Waals surface area contributed by atoms with Crippen molar-refractivity contribution in [1.29, 1.82) is 0 Å². The first kappa shape index (κ1) is 23.8. The number of aromatic nitrogens is 2. The van der Waals surface area contributed by atoms with Gasteiger partial charge in [0.15, 0.2) is 5.16 Å². The number of carbonyl (C=O) groups excluding carboxylic acids is 1. The number of halogens is 1. The van der Waals surface area contributed by atoms with E-state index in [1.165, 1.54) is 42.4 Å². The molecular weight excluding hydrogens is 472 g/mol. The van der Waals surface area contributed by atoms with Crippen LogP contribution in [-0.4, -0.2) is 36.4 Å². The third-order valence-electron chi connectivity index (χ3n) is 4.22. The lowest BCUT2D eigenvalue weighted by molar-refractivity contribution is 0.0590. The lowest BCUT2D eigenvalue weighted by atomic mass is 10.2. The summed E-state index contributed by atoms with van der Waals surface area (Å²) in [5.74, 6) is 1.66. The molecule has 3 aromatic rings. The number of ether oxygens (including phenoxy) is 2. The van der Waals surface area contributed by atoms with Crippen molar-refractivity contribution in [3.05, 3.63) is 70.2 Å². The van der Waals surface area contributed by atoms with E-state index < -0.39 is 5.97 Å². The quantitative estimate of drug-likeness (QED) is 0.151. The Bertz CT molecular complexity index is 1030. The van der Waals surface area contributed by atoms with Gasteiger partial charge in [-0.25, -0.2) is 14.8 Å². The summed E-state index contributed by atoms with van der Waals surface area (Å²) in [6.45, 7) is 0. The van der Waals surface area contributed by atoms with Crippen LogP contribution < -0.4 is 4.74 Å². The molecule has 31 heavy (non-hydrogen) atoms. The van der Waals surface area contributed by atoms with Crippen molar-refractivity contribution in [2.45, 2.75) is 26.7 Å². The smallest absolute Gasteiger partial charge is 0.343 e. The minimum absolute atomic E-state index is 0.401. The molecule has 2 aromatic carbocycles. The fraction of sp³-hybridized carbons (Fsp3) is 0.227. The van der Waals surface area contributed by atoms with Crippen LogP contribution in [0.4, 0.5) is 0 Å². The van der Waals surface area contributed by atoms with E-state index >= 15 is 0 Å². The van der Waals surface area contributed by atoms with Gasteiger partial charge in [-0.05, 0) is 41.6 Å². The number of methoxy groups -OCH3 is 2. The van der Waals surface area contributed by atoms with Gasteiger partial charge in [-0.2, -0.15) is 0 Å². The highest BCUT2D eigenvalue weighted by atomic mass is 35.5. The summed E-state index contributed by atoms with van der Waals surface area (Å²) in [6.07, 6.45) is 1.92. The van der Waals surface area contributed by atoms with Crippen LogP contribution in [0.1, 0.15) is 21.5 Å². The van der Waals surface area contributed by atoms with Crippen LogP contribution in [0.3, 0.4) is 0 Å². The number of rotatable bonds is 9. The number of esters is 1. The number of carbonyl (C=O) groups is 1. The van der Waals surface area contributed by atoms with Crippen molar-refractivity contribution in [2.24, 2.45) is 0 Å². The van der Waals surface area contributed by atoms with E-state index in [4.69, 9.17) is 21.1 Å². The molecule has 1 aromatic heterocycles. The molecule has 0 N–H and O–H groups in total. The maximum absolute atomic E-state index is 12.6. The summed E-state index contributed by atoms with van der Waals surface area (Å²) < 4.78 is 10.3. The highest BCUT2D eigenvalue weighted by Crippen LogP contribution is 2.34. The van der Waals surface area contributed by atoms with E-state index in [1.54, 1.807) is 7.11 Å². The first-order valence-corrected chi connectivity index (χ1v) is 12.8. The number of thioether (sulfide) groups is 3. The number of benzene rings is 2. The zero-order chi connectivity index (χ0) is 22.2. The van der Waals surface area contributed by atoms with Gasteiger partial charge in [0.2, 0.25) is 0 Å². The number of nitrogens with zero attached hydrogens (tertiary/aromatic N) is 2. The van der Waals surface area contributed by atoms with Crippen molar-refractivity contribution in [3.8, 4) is 5.75 Å². The predicted octanol–water partition coefficient (Wildman–Crippen LogP) is 6.23. The van der Waals surface area contributed by atoms with Gasteiger partial charge in [-0.15, -0.1) is 23.5 Å². The molecule has 0 aliphatic carbocycles. The first-order valence-electron chi connectivity index (χ1n) is 9.21. The molecule has 0 saturated carbocycles. The van der Waals surface area contributed by atoms with E-state index in [9.17, 15) is 4.79 Å². The van der Waals surface area contributed by atoms with Crippen LogP contribution in [0, 0.1) is 0 Å². The van der Waals surface area contributed by atoms with Crippen molar-refractivity contribution < 1.29 is 14.3 Å². The van der Waals surface area contributed by atoms with E-state index in [-0.39, 0.29) is 0 Å². The molecule has 0 unspecified atom stereocenters. The molecule has 0 bridgehead atoms. The Labute approximate surface area is 199 Å². The number of hydrogen-bond donors (Lipinski definition) is 0. The van der Waals surface area contributed by atoms with E-state index in [0.29, 0.717) is 37.3 Å². The Hall–Kier alpha value is -1.87. The molecule has 0 aliphatic heterocycles. The Morgan fingerprint density at radius 1 is 0.903 bits per heavy atom. The van der Waals surface area contributed by atoms with Gasteiger partial charge in [0.05, 0.1) is 14.2 Å². The van der Waals surface area contributed by atoms with Gasteiger partial charge in [0, 0.05) is 16.5 Å². The van der Waals surface area contributed by atoms with Crippen molar-refractivity contribution >= 4 is 52.9 Å². The maximum Gasteiger partial charge on any atom is 0.343 e. The highest BCUT2D eigenvalue weighted by Gasteiger charge is 2.23. The molecule has 9 heteroatoms. The average molecular weight is 493 g/mol. The number of hydrogen-bond acceptors (Lipinski definition) is 8. The largest absolute Gasteiger partial charge is 0.497 e. The zero-order valence-corrected chi connectivity index (χ0v) is 20.5. The maximum atomic E-state index is 12.6. The summed E-state index contributed by atoms with van der Waals surface area (Å²) in [5, 5.41) is 2.52. The van der Waals surface area contributed by atoms with Crippen molar-refractivity contribution in [2.75, 3.05) is 20.5 Å². The van der Waals surface area contributed by atoms with Gasteiger partial charge in [0.25, 0.3) is 0 Å². The lowest BCUT2D eigenvalue weighted by Crippen LogP contribution is -2.10. The average Bonchev–Trinajstić information content (AvgIpc) is 2.81. The molecule has 3 rings (SSSR count). The summed E-state index contributed by atoms with van der Waals surface area (Å²) in [4.78, 5) is 21.8. The van der Waals surface area contributed by atoms with Crippen LogP contribution >= 0.6 is 46.9 Å². The summed E-state index contributed by atoms with van der Waals surface area (Å²) in [6, 6.07) is 15.4. The lowest BCUT2D eigenvalue weighted by Gasteiger charge is -2.13. The minimum Gasteiger partial charge on any atom is -0.497 e. The van der Waals surface area contributed by atoms with E-state index in [0.717, 1.165) is 16.9 Å². The van der Waals surface area contributed by atoms with Crippen LogP contribution in [0.5, 0.6) is 5.75 Å². The summed E-state index contributed by atoms with van der Waals surface area (Å²) >= 11 is 10.4. The van der Waals surface area contributed by atoms with Crippen LogP contribution in [0.25, 0.3) is 0 Å². The Morgan fingerprint density at radius 3 is 1.87 bits per heavy atom. The van der Waals surface area contributed by atoms with Gasteiger partial charge >= 0.3 is 5.97 Å². The van der Waals surface area contributed by atoms with Gasteiger partial charge in [-0.1, -0.05) is 47.6 Å². The Kier molecular flexibility index (Phi) is 8.95. The second-order valence-corrected chi connectivity index (χ2v) is 9.38. The van der Waals surface area contributed by atoms with Gasteiger partial charge < -0.3 is 9.47 Å². The standard InChI is InChI=1S/C22H21ClN2O3S3/c1-27-17-10-6-15(7-11-17)13-31-20-18(21(26)28-2)19(24-22(25-20)29-3)30-12-14-4-8-16(23)9-5-14/h4-11H,12-13H2,1-3H3.